The van der Waals surface area contributed by atoms with Crippen LogP contribution in [0.3, 0.4) is 0 Å². The molecular weight excluding hydrogens is 258 g/mol. The van der Waals surface area contributed by atoms with Crippen molar-refractivity contribution in [1.29, 1.82) is 0 Å². The van der Waals surface area contributed by atoms with E-state index < -0.39 is 0 Å². The third-order valence-corrected chi connectivity index (χ3v) is 3.14. The van der Waals surface area contributed by atoms with Gasteiger partial charge in [0.2, 0.25) is 5.91 Å². The van der Waals surface area contributed by atoms with Crippen LogP contribution in [0.2, 0.25) is 0 Å². The van der Waals surface area contributed by atoms with Crippen LogP contribution in [0.5, 0.6) is 0 Å². The van der Waals surface area contributed by atoms with Crippen molar-refractivity contribution in [3.63, 3.8) is 0 Å². The number of imidazole rings is 1. The highest BCUT2D eigenvalue weighted by Gasteiger charge is 2.09. The molecule has 4 nitrogen and oxygen atoms in total. The summed E-state index contributed by atoms with van der Waals surface area (Å²) in [6.45, 7) is 5.74. The topological polar surface area (TPSA) is 49.8 Å². The Morgan fingerprint density at radius 3 is 2.47 bits per heavy atom. The Kier molecular flexibility index (Phi) is 3.85. The number of anilines is 1. The molecule has 0 unspecified atom stereocenters. The number of carbonyl (C=O) groups excluding carboxylic acids is 1. The molecule has 1 amide bonds. The van der Waals surface area contributed by atoms with Crippen LogP contribution in [0.15, 0.2) is 30.5 Å². The largest absolute Gasteiger partial charge is 0.337 e. The first-order valence-corrected chi connectivity index (χ1v) is 6.58. The summed E-state index contributed by atoms with van der Waals surface area (Å²) < 4.78 is 2.69. The van der Waals surface area contributed by atoms with Gasteiger partial charge in [-0.3, -0.25) is 9.36 Å². The molecule has 0 radical (unpaired) electrons. The van der Waals surface area contributed by atoms with Crippen molar-refractivity contribution in [3.8, 4) is 5.69 Å². The smallest absolute Gasteiger partial charge is 0.221 e. The van der Waals surface area contributed by atoms with Gasteiger partial charge in [0.05, 0.1) is 0 Å². The maximum Gasteiger partial charge on any atom is 0.221 e. The normalized spacial score (nSPS) is 10.7. The van der Waals surface area contributed by atoms with E-state index in [1.165, 1.54) is 6.92 Å². The average molecular weight is 275 g/mol. The molecule has 1 aromatic heterocycles. The number of hydrogen-bond donors (Lipinski definition) is 2. The van der Waals surface area contributed by atoms with Gasteiger partial charge in [-0.1, -0.05) is 13.8 Å². The molecule has 0 fully saturated rings. The lowest BCUT2D eigenvalue weighted by Gasteiger charge is -2.11. The Balaban J connectivity index is 2.40. The summed E-state index contributed by atoms with van der Waals surface area (Å²) in [5.41, 5.74) is 2.91. The van der Waals surface area contributed by atoms with Gasteiger partial charge in [0.1, 0.15) is 0 Å². The molecule has 0 atom stereocenters. The molecule has 100 valence electrons. The van der Waals surface area contributed by atoms with Gasteiger partial charge in [-0.15, -0.1) is 0 Å². The number of amides is 1. The fourth-order valence-electron chi connectivity index (χ4n) is 1.97. The molecule has 19 heavy (non-hydrogen) atoms. The van der Waals surface area contributed by atoms with Crippen molar-refractivity contribution in [3.05, 3.63) is 40.9 Å². The highest BCUT2D eigenvalue weighted by atomic mass is 32.1. The van der Waals surface area contributed by atoms with Crippen LogP contribution >= 0.6 is 12.2 Å². The van der Waals surface area contributed by atoms with Crippen molar-refractivity contribution in [2.24, 2.45) is 0 Å². The predicted molar refractivity (Wildman–Crippen MR) is 79.3 cm³/mol. The maximum absolute atomic E-state index is 11.0. The van der Waals surface area contributed by atoms with E-state index >= 15 is 0 Å². The number of carbonyl (C=O) groups is 1. The highest BCUT2D eigenvalue weighted by molar-refractivity contribution is 7.71. The molecular formula is C14H17N3OS. The number of benzene rings is 1. The summed E-state index contributed by atoms with van der Waals surface area (Å²) >= 11 is 5.31. The van der Waals surface area contributed by atoms with E-state index in [1.54, 1.807) is 0 Å². The molecule has 0 spiro atoms. The Hall–Kier alpha value is -1.88. The molecule has 5 heteroatoms. The van der Waals surface area contributed by atoms with E-state index in [9.17, 15) is 4.79 Å². The molecule has 0 bridgehead atoms. The second kappa shape index (κ2) is 5.40. The highest BCUT2D eigenvalue weighted by Crippen LogP contribution is 2.21. The number of aromatic nitrogens is 2. The van der Waals surface area contributed by atoms with Crippen molar-refractivity contribution >= 4 is 23.8 Å². The summed E-state index contributed by atoms with van der Waals surface area (Å²) in [5.74, 6) is 0.303. The number of nitrogens with zero attached hydrogens (tertiary/aromatic N) is 1. The third kappa shape index (κ3) is 2.93. The molecule has 0 saturated carbocycles. The van der Waals surface area contributed by atoms with Crippen molar-refractivity contribution in [2.75, 3.05) is 5.32 Å². The van der Waals surface area contributed by atoms with Crippen LogP contribution in [-0.2, 0) is 4.79 Å². The zero-order chi connectivity index (χ0) is 14.0. The molecule has 0 aliphatic carbocycles. The van der Waals surface area contributed by atoms with Crippen LogP contribution in [0.4, 0.5) is 5.69 Å². The molecule has 2 rings (SSSR count). The lowest BCUT2D eigenvalue weighted by Crippen LogP contribution is -2.06. The summed E-state index contributed by atoms with van der Waals surface area (Å²) in [7, 11) is 0. The van der Waals surface area contributed by atoms with Gasteiger partial charge in [-0.2, -0.15) is 0 Å². The average Bonchev–Trinajstić information content (AvgIpc) is 2.71. The van der Waals surface area contributed by atoms with E-state index in [2.05, 4.69) is 24.1 Å². The Morgan fingerprint density at radius 1 is 1.32 bits per heavy atom. The summed E-state index contributed by atoms with van der Waals surface area (Å²) in [5, 5.41) is 2.75. The fraction of sp³-hybridized carbons (Fsp3) is 0.286. The van der Waals surface area contributed by atoms with Crippen LogP contribution < -0.4 is 5.32 Å². The van der Waals surface area contributed by atoms with Gasteiger partial charge < -0.3 is 10.3 Å². The zero-order valence-electron chi connectivity index (χ0n) is 11.2. The molecule has 0 saturated heterocycles. The van der Waals surface area contributed by atoms with E-state index in [-0.39, 0.29) is 5.91 Å². The fourth-order valence-corrected chi connectivity index (χ4v) is 2.24. The summed E-state index contributed by atoms with van der Waals surface area (Å²) in [6, 6.07) is 7.63. The number of rotatable bonds is 3. The second-order valence-corrected chi connectivity index (χ2v) is 5.12. The van der Waals surface area contributed by atoms with Crippen LogP contribution in [0.25, 0.3) is 5.69 Å². The first kappa shape index (κ1) is 13.5. The number of nitrogens with one attached hydrogen (secondary N) is 2. The SMILES string of the molecule is CC(=O)Nc1ccc(-n2c(C(C)C)c[nH]c2=S)cc1. The molecule has 1 aromatic carbocycles. The van der Waals surface area contributed by atoms with Gasteiger partial charge in [-0.25, -0.2) is 0 Å². The molecule has 0 aliphatic rings. The van der Waals surface area contributed by atoms with E-state index in [0.717, 1.165) is 17.1 Å². The van der Waals surface area contributed by atoms with Gasteiger partial charge in [0, 0.05) is 30.2 Å². The Bertz CT molecular complexity index is 637. The summed E-state index contributed by atoms with van der Waals surface area (Å²) in [6.07, 6.45) is 1.94. The standard InChI is InChI=1S/C14H17N3OS/c1-9(2)13-8-15-14(19)17(13)12-6-4-11(5-7-12)16-10(3)18/h4-9H,1-3H3,(H,15,19)(H,16,18). The van der Waals surface area contributed by atoms with Gasteiger partial charge in [-0.05, 0) is 42.4 Å². The van der Waals surface area contributed by atoms with E-state index in [4.69, 9.17) is 12.2 Å². The van der Waals surface area contributed by atoms with Crippen LogP contribution in [0, 0.1) is 4.77 Å². The minimum absolute atomic E-state index is 0.0751. The quantitative estimate of drug-likeness (QED) is 0.841. The minimum atomic E-state index is -0.0751. The lowest BCUT2D eigenvalue weighted by molar-refractivity contribution is -0.114. The Morgan fingerprint density at radius 2 is 1.95 bits per heavy atom. The molecule has 2 aromatic rings. The van der Waals surface area contributed by atoms with Crippen LogP contribution in [-0.4, -0.2) is 15.5 Å². The van der Waals surface area contributed by atoms with Crippen molar-refractivity contribution in [2.45, 2.75) is 26.7 Å². The molecule has 0 aliphatic heterocycles. The lowest BCUT2D eigenvalue weighted by atomic mass is 10.1. The summed E-state index contributed by atoms with van der Waals surface area (Å²) in [4.78, 5) is 14.1. The first-order valence-electron chi connectivity index (χ1n) is 6.17. The van der Waals surface area contributed by atoms with E-state index in [1.807, 2.05) is 35.0 Å². The second-order valence-electron chi connectivity index (χ2n) is 4.74. The molecule has 1 heterocycles. The van der Waals surface area contributed by atoms with Gasteiger partial charge in [0.15, 0.2) is 4.77 Å². The maximum atomic E-state index is 11.0. The Labute approximate surface area is 117 Å². The van der Waals surface area contributed by atoms with E-state index in [0.29, 0.717) is 10.7 Å². The minimum Gasteiger partial charge on any atom is -0.337 e. The number of aromatic amines is 1. The van der Waals surface area contributed by atoms with Crippen molar-refractivity contribution in [1.82, 2.24) is 9.55 Å². The molecule has 2 N–H and O–H groups in total. The number of H-pyrrole nitrogens is 1. The van der Waals surface area contributed by atoms with Gasteiger partial charge >= 0.3 is 0 Å². The number of hydrogen-bond acceptors (Lipinski definition) is 2. The van der Waals surface area contributed by atoms with Crippen LogP contribution in [0.1, 0.15) is 32.4 Å². The third-order valence-electron chi connectivity index (χ3n) is 2.84. The first-order chi connectivity index (χ1) is 8.99. The van der Waals surface area contributed by atoms with Crippen molar-refractivity contribution < 1.29 is 4.79 Å². The van der Waals surface area contributed by atoms with Gasteiger partial charge in [0.25, 0.3) is 0 Å². The zero-order valence-corrected chi connectivity index (χ0v) is 12.0. The predicted octanol–water partition coefficient (Wildman–Crippen LogP) is 3.62. The monoisotopic (exact) mass is 275 g/mol.